The summed E-state index contributed by atoms with van der Waals surface area (Å²) in [4.78, 5) is 19.1. The first-order valence-electron chi connectivity index (χ1n) is 3.85. The van der Waals surface area contributed by atoms with Crippen LogP contribution in [0.25, 0.3) is 0 Å². The van der Waals surface area contributed by atoms with Crippen LogP contribution < -0.4 is 118 Å². The smallest absolute Gasteiger partial charge is 0.652 e. The van der Waals surface area contributed by atoms with E-state index in [9.17, 15) is 4.79 Å². The molecule has 5 nitrogen and oxygen atoms in total. The van der Waals surface area contributed by atoms with Crippen LogP contribution in [0.2, 0.25) is 0 Å². The van der Waals surface area contributed by atoms with Crippen molar-refractivity contribution in [2.24, 2.45) is 0 Å². The van der Waals surface area contributed by atoms with E-state index in [-0.39, 0.29) is 109 Å². The number of carboxylic acid groups (broad SMARTS) is 2. The topological polar surface area (TPSA) is 92.3 Å². The summed E-state index contributed by atoms with van der Waals surface area (Å²) in [7, 11) is 0. The van der Waals surface area contributed by atoms with Crippen LogP contribution in [0.5, 0.6) is 0 Å². The Labute approximate surface area is 178 Å². The number of para-hydroxylation sites is 1. The van der Waals surface area contributed by atoms with Gasteiger partial charge in [-0.05, 0) is 17.8 Å². The molecule has 0 radical (unpaired) electrons. The van der Waals surface area contributed by atoms with Crippen LogP contribution >= 0.6 is 0 Å². The predicted molar refractivity (Wildman–Crippen MR) is 44.2 cm³/mol. The molecule has 1 heterocycles. The minimum Gasteiger partial charge on any atom is -0.652 e. The van der Waals surface area contributed by atoms with Gasteiger partial charge in [-0.3, -0.25) is 4.79 Å². The van der Waals surface area contributed by atoms with Crippen LogP contribution in [0.15, 0.2) is 24.3 Å². The molecule has 0 saturated carbocycles. The van der Waals surface area contributed by atoms with Crippen molar-refractivity contribution in [3.63, 3.8) is 0 Å². The minimum absolute atomic E-state index is 0. The van der Waals surface area contributed by atoms with E-state index in [1.165, 1.54) is 0 Å². The molecule has 0 atom stereocenters. The van der Waals surface area contributed by atoms with E-state index in [4.69, 9.17) is 15.0 Å². The molecule has 1 amide bonds. The van der Waals surface area contributed by atoms with Crippen LogP contribution in [-0.2, 0) is 11.2 Å². The van der Waals surface area contributed by atoms with Gasteiger partial charge in [0.25, 0.3) is 0 Å². The summed E-state index contributed by atoms with van der Waals surface area (Å²) in [5.41, 5.74) is 2.07. The van der Waals surface area contributed by atoms with Gasteiger partial charge in [0, 0.05) is 5.69 Å². The van der Waals surface area contributed by atoms with Crippen molar-refractivity contribution in [3.8, 4) is 0 Å². The zero-order valence-corrected chi connectivity index (χ0v) is 15.4. The SMILES string of the molecule is O=C([O-])[O-].O=C1Cc2ccccc2N1.[K+].[K+]. The number of hydrogen-bond acceptors (Lipinski definition) is 4. The molecule has 1 aliphatic rings. The Balaban J connectivity index is 0. The summed E-state index contributed by atoms with van der Waals surface area (Å²) in [6.07, 6.45) is -1.80. The summed E-state index contributed by atoms with van der Waals surface area (Å²) in [6, 6.07) is 7.75. The van der Waals surface area contributed by atoms with Crippen LogP contribution in [-0.4, -0.2) is 12.1 Å². The van der Waals surface area contributed by atoms with Gasteiger partial charge in [0.1, 0.15) is 0 Å². The number of rotatable bonds is 0. The third-order valence-corrected chi connectivity index (χ3v) is 1.64. The number of nitrogens with one attached hydrogen (secondary N) is 1. The fraction of sp³-hybridized carbons (Fsp3) is 0.111. The van der Waals surface area contributed by atoms with E-state index < -0.39 is 6.16 Å². The van der Waals surface area contributed by atoms with Crippen LogP contribution in [0, 0.1) is 0 Å². The molecule has 1 aromatic rings. The summed E-state index contributed by atoms with van der Waals surface area (Å²) in [5, 5.41) is 19.4. The van der Waals surface area contributed by atoms with Gasteiger partial charge in [-0.25, -0.2) is 0 Å². The molecule has 1 N–H and O–H groups in total. The van der Waals surface area contributed by atoms with Crippen molar-refractivity contribution >= 4 is 17.7 Å². The van der Waals surface area contributed by atoms with Crippen molar-refractivity contribution in [1.29, 1.82) is 0 Å². The molecule has 74 valence electrons. The van der Waals surface area contributed by atoms with Crippen LogP contribution in [0.3, 0.4) is 0 Å². The molecule has 0 aromatic heterocycles. The van der Waals surface area contributed by atoms with Crippen LogP contribution in [0.1, 0.15) is 5.56 Å². The Bertz CT molecular complexity index is 339. The van der Waals surface area contributed by atoms with Gasteiger partial charge in [-0.2, -0.15) is 0 Å². The van der Waals surface area contributed by atoms with E-state index in [0.717, 1.165) is 11.3 Å². The molecule has 0 fully saturated rings. The first kappa shape index (κ1) is 19.6. The van der Waals surface area contributed by atoms with Gasteiger partial charge < -0.3 is 20.3 Å². The first-order chi connectivity index (χ1) is 6.59. The maximum atomic E-state index is 10.8. The first-order valence-corrected chi connectivity index (χ1v) is 3.85. The van der Waals surface area contributed by atoms with E-state index in [2.05, 4.69) is 5.32 Å². The van der Waals surface area contributed by atoms with Crippen molar-refractivity contribution in [2.75, 3.05) is 5.32 Å². The Morgan fingerprint density at radius 3 is 2.19 bits per heavy atom. The number of amides is 1. The molecular weight excluding hydrogens is 264 g/mol. The van der Waals surface area contributed by atoms with Gasteiger partial charge in [0.05, 0.1) is 6.42 Å². The number of carbonyl (C=O) groups excluding carboxylic acids is 2. The minimum atomic E-state index is -2.33. The molecule has 0 spiro atoms. The molecule has 16 heavy (non-hydrogen) atoms. The van der Waals surface area contributed by atoms with Gasteiger partial charge >= 0.3 is 103 Å². The van der Waals surface area contributed by atoms with E-state index in [1.807, 2.05) is 24.3 Å². The summed E-state index contributed by atoms with van der Waals surface area (Å²) in [6.45, 7) is 0. The Morgan fingerprint density at radius 1 is 1.19 bits per heavy atom. The standard InChI is InChI=1S/C8H7NO.CH2O3.2K/c10-8-5-6-3-1-2-4-7(6)9-8;2-1(3)4;;/h1-4H,5H2,(H,9,10);(H2,2,3,4);;/q;;2*+1/p-2. The maximum absolute atomic E-state index is 10.8. The Morgan fingerprint density at radius 2 is 1.69 bits per heavy atom. The Hall–Kier alpha value is 1.23. The maximum Gasteiger partial charge on any atom is 1.00 e. The van der Waals surface area contributed by atoms with Crippen molar-refractivity contribution in [3.05, 3.63) is 29.8 Å². The number of hydrogen-bond donors (Lipinski definition) is 1. The van der Waals surface area contributed by atoms with Crippen molar-refractivity contribution < 1.29 is 123 Å². The van der Waals surface area contributed by atoms with Crippen molar-refractivity contribution in [1.82, 2.24) is 0 Å². The van der Waals surface area contributed by atoms with Crippen molar-refractivity contribution in [2.45, 2.75) is 6.42 Å². The number of benzene rings is 1. The molecule has 7 heteroatoms. The summed E-state index contributed by atoms with van der Waals surface area (Å²) in [5.74, 6) is 0.0983. The molecule has 0 unspecified atom stereocenters. The van der Waals surface area contributed by atoms with Gasteiger partial charge in [-0.15, -0.1) is 0 Å². The third kappa shape index (κ3) is 7.54. The normalized spacial score (nSPS) is 10.6. The Kier molecular flexibility index (Phi) is 12.5. The molecule has 2 rings (SSSR count). The summed E-state index contributed by atoms with van der Waals surface area (Å²) < 4.78 is 0. The second-order valence-corrected chi connectivity index (χ2v) is 2.63. The fourth-order valence-electron chi connectivity index (χ4n) is 1.16. The predicted octanol–water partition coefficient (Wildman–Crippen LogP) is -7.26. The number of fused-ring (bicyclic) bond motifs is 1. The van der Waals surface area contributed by atoms with Gasteiger partial charge in [0.2, 0.25) is 5.91 Å². The van der Waals surface area contributed by atoms with E-state index in [1.54, 1.807) is 0 Å². The van der Waals surface area contributed by atoms with Gasteiger partial charge in [-0.1, -0.05) is 18.2 Å². The molecule has 0 aliphatic carbocycles. The van der Waals surface area contributed by atoms with E-state index in [0.29, 0.717) is 6.42 Å². The van der Waals surface area contributed by atoms with E-state index >= 15 is 0 Å². The zero-order chi connectivity index (χ0) is 10.6. The fourth-order valence-corrected chi connectivity index (χ4v) is 1.16. The van der Waals surface area contributed by atoms with Crippen LogP contribution in [0.4, 0.5) is 10.5 Å². The van der Waals surface area contributed by atoms with Gasteiger partial charge in [0.15, 0.2) is 0 Å². The largest absolute Gasteiger partial charge is 1.00 e. The monoisotopic (exact) mass is 271 g/mol. The average molecular weight is 271 g/mol. The molecule has 0 bridgehead atoms. The molecular formula is C9H7K2NO4. The quantitative estimate of drug-likeness (QED) is 0.475. The number of carbonyl (C=O) groups is 2. The molecule has 0 saturated heterocycles. The zero-order valence-electron chi connectivity index (χ0n) is 9.15. The average Bonchev–Trinajstić information content (AvgIpc) is 2.42. The second kappa shape index (κ2) is 10.2. The summed E-state index contributed by atoms with van der Waals surface area (Å²) >= 11 is 0. The number of anilines is 1. The second-order valence-electron chi connectivity index (χ2n) is 2.63. The molecule has 1 aromatic carbocycles. The third-order valence-electron chi connectivity index (χ3n) is 1.64. The molecule has 1 aliphatic heterocycles.